The molecule has 8 nitrogen and oxygen atoms in total. The van der Waals surface area contributed by atoms with Crippen molar-refractivity contribution >= 4 is 33.3 Å². The minimum Gasteiger partial charge on any atom is -0.479 e. The van der Waals surface area contributed by atoms with Crippen LogP contribution >= 0.6 is 15.9 Å². The quantitative estimate of drug-likeness (QED) is 0.483. The second-order valence-electron chi connectivity index (χ2n) is 6.10. The van der Waals surface area contributed by atoms with E-state index in [2.05, 4.69) is 35.7 Å². The second kappa shape index (κ2) is 7.99. The number of likely N-dealkylation sites (N-methyl/N-ethyl adjacent to an activating group) is 1. The largest absolute Gasteiger partial charge is 0.479 e. The summed E-state index contributed by atoms with van der Waals surface area (Å²) in [5.41, 5.74) is 2.27. The Bertz CT molecular complexity index is 848. The molecule has 1 saturated heterocycles. The third-order valence-electron chi connectivity index (χ3n) is 4.38. The first-order valence-electron chi connectivity index (χ1n) is 8.29. The molecule has 0 aliphatic carbocycles. The minimum atomic E-state index is -0.356. The van der Waals surface area contributed by atoms with Crippen molar-refractivity contribution < 1.29 is 19.0 Å². The lowest BCUT2D eigenvalue weighted by Crippen LogP contribution is -2.25. The lowest BCUT2D eigenvalue weighted by molar-refractivity contribution is 0.0600. The molecule has 1 aromatic heterocycles. The average molecular weight is 437 g/mol. The van der Waals surface area contributed by atoms with E-state index in [1.165, 1.54) is 14.2 Å². The number of hydrogen-bond acceptors (Lipinski definition) is 8. The molecule has 3 rings (SSSR count). The highest BCUT2D eigenvalue weighted by Crippen LogP contribution is 2.36. The van der Waals surface area contributed by atoms with E-state index in [4.69, 9.17) is 14.2 Å². The van der Waals surface area contributed by atoms with Gasteiger partial charge in [0.15, 0.2) is 0 Å². The van der Waals surface area contributed by atoms with Gasteiger partial charge in [0.05, 0.1) is 44.8 Å². The standard InChI is InChI=1S/C18H21BrN4O4/c1-22(14-7-11(17(24)26-3)5-6-13(14)19)9-12-10-23(12)15-8-20-18(27-4)21-16(15)25-2/h5-8,12H,9-10H2,1-4H3. The zero-order valence-corrected chi connectivity index (χ0v) is 17.2. The van der Waals surface area contributed by atoms with Crippen molar-refractivity contribution in [1.82, 2.24) is 9.97 Å². The number of carbonyl (C=O) groups excluding carboxylic acids is 1. The van der Waals surface area contributed by atoms with Gasteiger partial charge in [0, 0.05) is 24.6 Å². The molecule has 2 heterocycles. The summed E-state index contributed by atoms with van der Waals surface area (Å²) >= 11 is 3.55. The average Bonchev–Trinajstić information content (AvgIpc) is 3.45. The van der Waals surface area contributed by atoms with E-state index >= 15 is 0 Å². The predicted octanol–water partition coefficient (Wildman–Crippen LogP) is 2.37. The second-order valence-corrected chi connectivity index (χ2v) is 6.95. The van der Waals surface area contributed by atoms with Crippen LogP contribution in [0.25, 0.3) is 0 Å². The molecule has 1 atom stereocenters. The van der Waals surface area contributed by atoms with Crippen LogP contribution < -0.4 is 19.3 Å². The number of carbonyl (C=O) groups is 1. The highest BCUT2D eigenvalue weighted by molar-refractivity contribution is 9.10. The molecule has 1 aliphatic rings. The first kappa shape index (κ1) is 19.2. The van der Waals surface area contributed by atoms with Gasteiger partial charge in [-0.15, -0.1) is 0 Å². The van der Waals surface area contributed by atoms with Gasteiger partial charge < -0.3 is 24.0 Å². The summed E-state index contributed by atoms with van der Waals surface area (Å²) in [4.78, 5) is 24.4. The first-order valence-corrected chi connectivity index (χ1v) is 9.08. The Balaban J connectivity index is 1.72. The van der Waals surface area contributed by atoms with Crippen LogP contribution in [0.15, 0.2) is 28.9 Å². The molecule has 1 aliphatic heterocycles. The van der Waals surface area contributed by atoms with Crippen molar-refractivity contribution in [2.24, 2.45) is 0 Å². The van der Waals surface area contributed by atoms with Crippen LogP contribution in [0.5, 0.6) is 11.9 Å². The van der Waals surface area contributed by atoms with Gasteiger partial charge in [-0.25, -0.2) is 9.78 Å². The number of esters is 1. The molecule has 0 N–H and O–H groups in total. The molecule has 1 aromatic carbocycles. The minimum absolute atomic E-state index is 0.273. The third kappa shape index (κ3) is 4.08. The highest BCUT2D eigenvalue weighted by Gasteiger charge is 2.38. The van der Waals surface area contributed by atoms with Gasteiger partial charge in [-0.2, -0.15) is 4.98 Å². The molecule has 2 aromatic rings. The van der Waals surface area contributed by atoms with E-state index in [9.17, 15) is 4.79 Å². The lowest BCUT2D eigenvalue weighted by atomic mass is 10.2. The molecule has 144 valence electrons. The number of anilines is 2. The number of ether oxygens (including phenoxy) is 3. The number of aromatic nitrogens is 2. The van der Waals surface area contributed by atoms with Crippen LogP contribution in [-0.2, 0) is 4.74 Å². The Kier molecular flexibility index (Phi) is 5.69. The normalized spacial score (nSPS) is 15.3. The zero-order chi connectivity index (χ0) is 19.6. The molecule has 27 heavy (non-hydrogen) atoms. The fourth-order valence-electron chi connectivity index (χ4n) is 2.89. The molecular weight excluding hydrogens is 416 g/mol. The summed E-state index contributed by atoms with van der Waals surface area (Å²) in [6.45, 7) is 1.63. The van der Waals surface area contributed by atoms with Gasteiger partial charge in [-0.1, -0.05) is 0 Å². The van der Waals surface area contributed by atoms with E-state index in [1.54, 1.807) is 19.4 Å². The summed E-state index contributed by atoms with van der Waals surface area (Å²) in [6, 6.07) is 5.96. The molecule has 0 radical (unpaired) electrons. The van der Waals surface area contributed by atoms with Crippen LogP contribution in [0.1, 0.15) is 10.4 Å². The summed E-state index contributed by atoms with van der Waals surface area (Å²) in [5.74, 6) is 0.131. The van der Waals surface area contributed by atoms with Gasteiger partial charge in [0.25, 0.3) is 0 Å². The van der Waals surface area contributed by atoms with Crippen LogP contribution in [0.2, 0.25) is 0 Å². The van der Waals surface area contributed by atoms with Crippen molar-refractivity contribution in [1.29, 1.82) is 0 Å². The molecule has 0 bridgehead atoms. The van der Waals surface area contributed by atoms with Gasteiger partial charge >= 0.3 is 12.0 Å². The summed E-state index contributed by atoms with van der Waals surface area (Å²) in [7, 11) is 6.45. The first-order chi connectivity index (χ1) is 13.0. The number of nitrogens with zero attached hydrogens (tertiary/aromatic N) is 4. The summed E-state index contributed by atoms with van der Waals surface area (Å²) in [6.07, 6.45) is 1.71. The van der Waals surface area contributed by atoms with E-state index in [0.29, 0.717) is 11.4 Å². The fourth-order valence-corrected chi connectivity index (χ4v) is 3.44. The SMILES string of the molecule is COC(=O)c1ccc(Br)c(N(C)CC2CN2c2cnc(OC)nc2OC)c1. The number of hydrogen-bond donors (Lipinski definition) is 0. The Labute approximate surface area is 166 Å². The molecule has 0 amide bonds. The molecule has 1 unspecified atom stereocenters. The third-order valence-corrected chi connectivity index (χ3v) is 5.05. The molecule has 0 saturated carbocycles. The highest BCUT2D eigenvalue weighted by atomic mass is 79.9. The fraction of sp³-hybridized carbons (Fsp3) is 0.389. The van der Waals surface area contributed by atoms with E-state index in [-0.39, 0.29) is 18.0 Å². The summed E-state index contributed by atoms with van der Waals surface area (Å²) < 4.78 is 16.1. The van der Waals surface area contributed by atoms with Crippen molar-refractivity contribution in [2.75, 3.05) is 51.3 Å². The van der Waals surface area contributed by atoms with Gasteiger partial charge in [-0.3, -0.25) is 0 Å². The Hall–Kier alpha value is -2.55. The van der Waals surface area contributed by atoms with Gasteiger partial charge in [0.2, 0.25) is 5.88 Å². The van der Waals surface area contributed by atoms with E-state index in [0.717, 1.165) is 28.9 Å². The van der Waals surface area contributed by atoms with Crippen molar-refractivity contribution in [3.8, 4) is 11.9 Å². The molecule has 1 fully saturated rings. The van der Waals surface area contributed by atoms with Gasteiger partial charge in [-0.05, 0) is 34.1 Å². The topological polar surface area (TPSA) is 76.8 Å². The lowest BCUT2D eigenvalue weighted by Gasteiger charge is -2.21. The molecule has 9 heteroatoms. The number of methoxy groups -OCH3 is 3. The zero-order valence-electron chi connectivity index (χ0n) is 15.6. The molecular formula is C18H21BrN4O4. The maximum atomic E-state index is 11.8. The van der Waals surface area contributed by atoms with E-state index in [1.807, 2.05) is 19.2 Å². The van der Waals surface area contributed by atoms with Crippen molar-refractivity contribution in [2.45, 2.75) is 6.04 Å². The van der Waals surface area contributed by atoms with Crippen LogP contribution in [-0.4, -0.2) is 63.4 Å². The van der Waals surface area contributed by atoms with Crippen LogP contribution in [0, 0.1) is 0 Å². The monoisotopic (exact) mass is 436 g/mol. The number of halogens is 1. The van der Waals surface area contributed by atoms with Crippen molar-refractivity contribution in [3.63, 3.8) is 0 Å². The summed E-state index contributed by atoms with van der Waals surface area (Å²) in [5, 5.41) is 0. The number of benzene rings is 1. The van der Waals surface area contributed by atoms with Crippen molar-refractivity contribution in [3.05, 3.63) is 34.4 Å². The Morgan fingerprint density at radius 1 is 1.33 bits per heavy atom. The Morgan fingerprint density at radius 3 is 2.78 bits per heavy atom. The van der Waals surface area contributed by atoms with Gasteiger partial charge in [0.1, 0.15) is 5.69 Å². The predicted molar refractivity (Wildman–Crippen MR) is 105 cm³/mol. The smallest absolute Gasteiger partial charge is 0.337 e. The maximum absolute atomic E-state index is 11.8. The maximum Gasteiger partial charge on any atom is 0.337 e. The van der Waals surface area contributed by atoms with Crippen LogP contribution in [0.4, 0.5) is 11.4 Å². The van der Waals surface area contributed by atoms with E-state index < -0.39 is 0 Å². The van der Waals surface area contributed by atoms with Crippen LogP contribution in [0.3, 0.4) is 0 Å². The molecule has 0 spiro atoms. The Morgan fingerprint density at radius 2 is 2.11 bits per heavy atom. The number of rotatable bonds is 7.